The fraction of sp³-hybridized carbons (Fsp3) is 0. The number of quaternary nitrogens is 3. The highest BCUT2D eigenvalue weighted by Gasteiger charge is 2.09. The first kappa shape index (κ1) is 22.2. The van der Waals surface area contributed by atoms with Crippen LogP contribution in [0.15, 0.2) is 23.1 Å². The predicted octanol–water partition coefficient (Wildman–Crippen LogP) is -1.55. The summed E-state index contributed by atoms with van der Waals surface area (Å²) in [5.74, 6) is -3.72. The summed E-state index contributed by atoms with van der Waals surface area (Å²) in [5.41, 5.74) is -1.68. The van der Waals surface area contributed by atoms with Crippen molar-refractivity contribution in [2.75, 3.05) is 0 Å². The topological polar surface area (TPSA) is 247 Å². The zero-order valence-corrected chi connectivity index (χ0v) is 11.3. The van der Waals surface area contributed by atoms with Gasteiger partial charge in [0.2, 0.25) is 0 Å². The molecular formula is C8H15N3O7S. The second-order valence-corrected chi connectivity index (χ2v) is 4.12. The second-order valence-electron chi connectivity index (χ2n) is 2.74. The predicted molar refractivity (Wildman–Crippen MR) is 61.0 cm³/mol. The van der Waals surface area contributed by atoms with Crippen molar-refractivity contribution < 1.29 is 32.8 Å². The van der Waals surface area contributed by atoms with Gasteiger partial charge in [0.15, 0.2) is 0 Å². The van der Waals surface area contributed by atoms with Crippen LogP contribution in [0.1, 0.15) is 20.7 Å². The average Bonchev–Trinajstić information content (AvgIpc) is 2.15. The molecule has 0 atom stereocenters. The number of carboxylic acids is 2. The van der Waals surface area contributed by atoms with Gasteiger partial charge >= 0.3 is 0 Å². The van der Waals surface area contributed by atoms with Crippen molar-refractivity contribution in [1.82, 2.24) is 18.5 Å². The summed E-state index contributed by atoms with van der Waals surface area (Å²) in [7, 11) is -4.86. The molecule has 0 fully saturated rings. The van der Waals surface area contributed by atoms with E-state index in [4.69, 9.17) is 0 Å². The summed E-state index contributed by atoms with van der Waals surface area (Å²) in [4.78, 5) is 20.1. The molecule has 0 spiro atoms. The maximum Gasteiger partial charge on any atom is 0.124 e. The van der Waals surface area contributed by atoms with Gasteiger partial charge in [-0.3, -0.25) is 0 Å². The lowest BCUT2D eigenvalue weighted by Crippen LogP contribution is -2.30. The van der Waals surface area contributed by atoms with Crippen LogP contribution in [0.4, 0.5) is 0 Å². The van der Waals surface area contributed by atoms with Crippen LogP contribution in [0.5, 0.6) is 0 Å². The molecule has 19 heavy (non-hydrogen) atoms. The Bertz CT molecular complexity index is 570. The third kappa shape index (κ3) is 4.99. The normalized spacial score (nSPS) is 9.32. The molecule has 0 radical (unpaired) electrons. The van der Waals surface area contributed by atoms with E-state index < -0.39 is 38.1 Å². The highest BCUT2D eigenvalue weighted by atomic mass is 32.2. The molecule has 0 unspecified atom stereocenters. The van der Waals surface area contributed by atoms with Gasteiger partial charge in [-0.15, -0.1) is 0 Å². The van der Waals surface area contributed by atoms with E-state index in [0.29, 0.717) is 18.2 Å². The highest BCUT2D eigenvalue weighted by Crippen LogP contribution is 2.15. The first-order valence-electron chi connectivity index (χ1n) is 3.76. The Kier molecular flexibility index (Phi) is 8.63. The van der Waals surface area contributed by atoms with E-state index in [2.05, 4.69) is 0 Å². The van der Waals surface area contributed by atoms with Gasteiger partial charge in [0, 0.05) is 11.1 Å². The van der Waals surface area contributed by atoms with Crippen molar-refractivity contribution in [2.24, 2.45) is 0 Å². The van der Waals surface area contributed by atoms with Gasteiger partial charge in [-0.25, -0.2) is 8.42 Å². The number of carbonyl (C=O) groups excluding carboxylic acids is 2. The molecule has 110 valence electrons. The highest BCUT2D eigenvalue weighted by molar-refractivity contribution is 7.85. The summed E-state index contributed by atoms with van der Waals surface area (Å²) in [6.45, 7) is 0. The fourth-order valence-corrected chi connectivity index (χ4v) is 1.52. The number of rotatable bonds is 3. The Hall–Kier alpha value is -2.05. The van der Waals surface area contributed by atoms with Crippen LogP contribution in [-0.4, -0.2) is 24.9 Å². The zero-order valence-electron chi connectivity index (χ0n) is 10.5. The molecule has 12 N–H and O–H groups in total. The molecule has 0 heterocycles. The summed E-state index contributed by atoms with van der Waals surface area (Å²) in [6, 6.07) is 1.76. The monoisotopic (exact) mass is 297 g/mol. The van der Waals surface area contributed by atoms with Crippen LogP contribution >= 0.6 is 0 Å². The number of carbonyl (C=O) groups is 2. The number of hydrogen-bond acceptors (Lipinski definition) is 7. The lowest BCUT2D eigenvalue weighted by molar-refractivity contribution is -0.259. The molecule has 0 bridgehead atoms. The number of benzene rings is 1. The third-order valence-electron chi connectivity index (χ3n) is 1.72. The molecule has 10 nitrogen and oxygen atoms in total. The lowest BCUT2D eigenvalue weighted by Gasteiger charge is -2.14. The molecule has 1 aromatic rings. The lowest BCUT2D eigenvalue weighted by atomic mass is 10.1. The van der Waals surface area contributed by atoms with Crippen molar-refractivity contribution >= 4 is 22.1 Å². The second kappa shape index (κ2) is 7.40. The Labute approximate surface area is 108 Å². The summed E-state index contributed by atoms with van der Waals surface area (Å²) >= 11 is 0. The molecule has 0 aliphatic heterocycles. The smallest absolute Gasteiger partial charge is 0.124 e. The molecule has 0 aliphatic rings. The molecule has 0 saturated heterocycles. The van der Waals surface area contributed by atoms with E-state index in [9.17, 15) is 32.8 Å². The first-order chi connectivity index (χ1) is 7.23. The summed E-state index contributed by atoms with van der Waals surface area (Å²) in [6.07, 6.45) is 0. The van der Waals surface area contributed by atoms with Gasteiger partial charge in [-0.05, 0) is 12.1 Å². The molecular weight excluding hydrogens is 282 g/mol. The van der Waals surface area contributed by atoms with E-state index in [-0.39, 0.29) is 18.5 Å². The minimum Gasteiger partial charge on any atom is -0.744 e. The van der Waals surface area contributed by atoms with Crippen LogP contribution in [-0.2, 0) is 10.1 Å². The van der Waals surface area contributed by atoms with Gasteiger partial charge in [-0.2, -0.15) is 0 Å². The fourth-order valence-electron chi connectivity index (χ4n) is 1.03. The van der Waals surface area contributed by atoms with E-state index >= 15 is 0 Å². The molecule has 0 saturated carbocycles. The summed E-state index contributed by atoms with van der Waals surface area (Å²) < 4.78 is 31.7. The third-order valence-corrected chi connectivity index (χ3v) is 2.55. The average molecular weight is 297 g/mol. The van der Waals surface area contributed by atoms with E-state index in [1.165, 1.54) is 0 Å². The molecule has 0 aromatic heterocycles. The van der Waals surface area contributed by atoms with Crippen molar-refractivity contribution in [1.29, 1.82) is 0 Å². The quantitative estimate of drug-likeness (QED) is 0.552. The number of aromatic carboxylic acids is 2. The van der Waals surface area contributed by atoms with E-state index in [1.54, 1.807) is 0 Å². The number of carboxylic acid groups (broad SMARTS) is 2. The molecule has 1 rings (SSSR count). The molecule has 0 amide bonds. The maximum absolute atomic E-state index is 10.6. The minimum absolute atomic E-state index is 0. The maximum atomic E-state index is 10.6. The van der Waals surface area contributed by atoms with Gasteiger partial charge in [0.25, 0.3) is 0 Å². The standard InChI is InChI=1S/C8H6O7S.3H3N/c9-7(10)5-2-1-4(16(13,14)15)3-6(5)8(11)12;;;/h1-3H,(H,9,10)(H,11,12)(H,13,14,15);3*1H3. The van der Waals surface area contributed by atoms with Crippen LogP contribution in [0.3, 0.4) is 0 Å². The largest absolute Gasteiger partial charge is 0.744 e. The molecule has 11 heteroatoms. The molecule has 0 aliphatic carbocycles. The molecule has 1 aromatic carbocycles. The number of hydrogen-bond donors (Lipinski definition) is 3. The van der Waals surface area contributed by atoms with E-state index in [0.717, 1.165) is 0 Å². The Morgan fingerprint density at radius 3 is 1.63 bits per heavy atom. The summed E-state index contributed by atoms with van der Waals surface area (Å²) in [5, 5.41) is 21.0. The van der Waals surface area contributed by atoms with Crippen molar-refractivity contribution in [3.05, 3.63) is 29.3 Å². The van der Waals surface area contributed by atoms with Crippen molar-refractivity contribution in [2.45, 2.75) is 4.90 Å². The van der Waals surface area contributed by atoms with Gasteiger partial charge in [-0.1, -0.05) is 6.07 Å². The van der Waals surface area contributed by atoms with Gasteiger partial charge in [0.1, 0.15) is 10.1 Å². The van der Waals surface area contributed by atoms with E-state index in [1.807, 2.05) is 0 Å². The van der Waals surface area contributed by atoms with Crippen molar-refractivity contribution in [3.8, 4) is 0 Å². The van der Waals surface area contributed by atoms with Crippen LogP contribution in [0, 0.1) is 0 Å². The van der Waals surface area contributed by atoms with Crippen LogP contribution in [0.25, 0.3) is 0 Å². The van der Waals surface area contributed by atoms with Gasteiger partial charge < -0.3 is 42.8 Å². The Balaban J connectivity index is -0.000000853. The van der Waals surface area contributed by atoms with Crippen LogP contribution in [0.2, 0.25) is 0 Å². The SMILES string of the molecule is O=C([O-])c1ccc(S(=O)(=O)[O-])cc1C(=O)[O-].[NH4+].[NH4+].[NH4+]. The Morgan fingerprint density at radius 2 is 1.32 bits per heavy atom. The van der Waals surface area contributed by atoms with Crippen molar-refractivity contribution in [3.63, 3.8) is 0 Å². The first-order valence-corrected chi connectivity index (χ1v) is 5.17. The zero-order chi connectivity index (χ0) is 12.5. The van der Waals surface area contributed by atoms with Gasteiger partial charge in [0.05, 0.1) is 16.8 Å². The Morgan fingerprint density at radius 1 is 0.895 bits per heavy atom. The van der Waals surface area contributed by atoms with Crippen LogP contribution < -0.4 is 28.7 Å². The minimum atomic E-state index is -4.86.